The molecular formula is C15H20ClF3N2O4. The zero-order chi connectivity index (χ0) is 17.6. The lowest BCUT2D eigenvalue weighted by molar-refractivity contribution is -0.153. The van der Waals surface area contributed by atoms with Crippen molar-refractivity contribution in [3.63, 3.8) is 0 Å². The standard InChI is InChI=1S/C15H19F3N2O4.ClH/c16-15(17,18)9-24-13-4-2-1-3-12(13)23-8-14(22)20-6-10-5-19-7-11(10)21;/h1-4,10-11,19,21H,5-9H2,(H,20,22);1H. The molecular weight excluding hydrogens is 365 g/mol. The van der Waals surface area contributed by atoms with E-state index in [0.29, 0.717) is 19.6 Å². The smallest absolute Gasteiger partial charge is 0.422 e. The van der Waals surface area contributed by atoms with E-state index in [9.17, 15) is 23.1 Å². The van der Waals surface area contributed by atoms with Gasteiger partial charge in [0.1, 0.15) is 0 Å². The molecule has 0 bridgehead atoms. The highest BCUT2D eigenvalue weighted by Gasteiger charge is 2.29. The van der Waals surface area contributed by atoms with Crippen LogP contribution in [-0.4, -0.2) is 56.1 Å². The van der Waals surface area contributed by atoms with E-state index in [0.717, 1.165) is 0 Å². The summed E-state index contributed by atoms with van der Waals surface area (Å²) in [6.45, 7) is -0.408. The number of carbonyl (C=O) groups excluding carboxylic acids is 1. The van der Waals surface area contributed by atoms with E-state index in [2.05, 4.69) is 15.4 Å². The van der Waals surface area contributed by atoms with Crippen LogP contribution >= 0.6 is 12.4 Å². The van der Waals surface area contributed by atoms with Gasteiger partial charge in [0, 0.05) is 25.6 Å². The van der Waals surface area contributed by atoms with Crippen LogP contribution in [-0.2, 0) is 4.79 Å². The number of rotatable bonds is 7. The molecule has 1 aliphatic heterocycles. The fourth-order valence-electron chi connectivity index (χ4n) is 2.22. The molecule has 1 aromatic rings. The quantitative estimate of drug-likeness (QED) is 0.656. The minimum absolute atomic E-state index is 0. The minimum Gasteiger partial charge on any atom is -0.480 e. The molecule has 0 aliphatic carbocycles. The number of β-amino-alcohol motifs (C(OH)–C–C–N with tert-alkyl or cyclic N) is 1. The maximum absolute atomic E-state index is 12.2. The predicted molar refractivity (Wildman–Crippen MR) is 86.1 cm³/mol. The number of ether oxygens (including phenoxy) is 2. The molecule has 1 aliphatic rings. The number of aliphatic hydroxyl groups is 1. The third-order valence-corrected chi connectivity index (χ3v) is 3.46. The molecule has 1 saturated heterocycles. The molecule has 142 valence electrons. The highest BCUT2D eigenvalue weighted by Crippen LogP contribution is 2.28. The molecule has 10 heteroatoms. The number of amides is 1. The molecule has 6 nitrogen and oxygen atoms in total. The van der Waals surface area contributed by atoms with Gasteiger partial charge in [-0.1, -0.05) is 12.1 Å². The van der Waals surface area contributed by atoms with Gasteiger partial charge in [-0.15, -0.1) is 12.4 Å². The monoisotopic (exact) mass is 384 g/mol. The second-order valence-corrected chi connectivity index (χ2v) is 5.43. The summed E-state index contributed by atoms with van der Waals surface area (Å²) in [7, 11) is 0. The molecule has 2 atom stereocenters. The Hall–Kier alpha value is -1.71. The van der Waals surface area contributed by atoms with Crippen LogP contribution in [0.15, 0.2) is 24.3 Å². The Labute approximate surface area is 149 Å². The zero-order valence-electron chi connectivity index (χ0n) is 13.2. The van der Waals surface area contributed by atoms with Gasteiger partial charge in [-0.05, 0) is 12.1 Å². The van der Waals surface area contributed by atoms with Gasteiger partial charge in [0.15, 0.2) is 24.7 Å². The summed E-state index contributed by atoms with van der Waals surface area (Å²) in [5, 5.41) is 15.2. The number of aliphatic hydroxyl groups excluding tert-OH is 1. The molecule has 1 aromatic carbocycles. The lowest BCUT2D eigenvalue weighted by Crippen LogP contribution is -2.36. The molecule has 0 spiro atoms. The van der Waals surface area contributed by atoms with Crippen molar-refractivity contribution in [3.05, 3.63) is 24.3 Å². The molecule has 0 saturated carbocycles. The average Bonchev–Trinajstić information content (AvgIpc) is 2.94. The number of halogens is 4. The molecule has 2 rings (SSSR count). The Balaban J connectivity index is 0.00000312. The van der Waals surface area contributed by atoms with Gasteiger partial charge in [0.25, 0.3) is 5.91 Å². The fourth-order valence-corrected chi connectivity index (χ4v) is 2.22. The average molecular weight is 385 g/mol. The van der Waals surface area contributed by atoms with Crippen molar-refractivity contribution in [1.29, 1.82) is 0 Å². The van der Waals surface area contributed by atoms with Crippen LogP contribution in [0.1, 0.15) is 0 Å². The first-order chi connectivity index (χ1) is 11.3. The van der Waals surface area contributed by atoms with Crippen LogP contribution in [0.5, 0.6) is 11.5 Å². The number of nitrogens with one attached hydrogen (secondary N) is 2. The first kappa shape index (κ1) is 21.3. The SMILES string of the molecule is Cl.O=C(COc1ccccc1OCC(F)(F)F)NCC1CNCC1O. The van der Waals surface area contributed by atoms with Crippen molar-refractivity contribution in [2.45, 2.75) is 12.3 Å². The zero-order valence-corrected chi connectivity index (χ0v) is 14.0. The van der Waals surface area contributed by atoms with E-state index >= 15 is 0 Å². The first-order valence-corrected chi connectivity index (χ1v) is 7.42. The van der Waals surface area contributed by atoms with Crippen molar-refractivity contribution < 1.29 is 32.5 Å². The van der Waals surface area contributed by atoms with Gasteiger partial charge < -0.3 is 25.2 Å². The largest absolute Gasteiger partial charge is 0.480 e. The van der Waals surface area contributed by atoms with Crippen molar-refractivity contribution in [2.24, 2.45) is 5.92 Å². The number of alkyl halides is 3. The summed E-state index contributed by atoms with van der Waals surface area (Å²) in [5.41, 5.74) is 0. The Morgan fingerprint density at radius 1 is 1.24 bits per heavy atom. The number of benzene rings is 1. The number of para-hydroxylation sites is 2. The predicted octanol–water partition coefficient (Wildman–Crippen LogP) is 1.12. The van der Waals surface area contributed by atoms with Gasteiger partial charge in [0.05, 0.1) is 6.10 Å². The summed E-state index contributed by atoms with van der Waals surface area (Å²) in [4.78, 5) is 11.7. The number of carbonyl (C=O) groups is 1. The summed E-state index contributed by atoms with van der Waals surface area (Å²) >= 11 is 0. The third kappa shape index (κ3) is 7.37. The minimum atomic E-state index is -4.46. The molecule has 0 radical (unpaired) electrons. The van der Waals surface area contributed by atoms with Crippen LogP contribution in [0.3, 0.4) is 0 Å². The Kier molecular flexibility index (Phi) is 8.27. The van der Waals surface area contributed by atoms with Crippen molar-refractivity contribution in [3.8, 4) is 11.5 Å². The van der Waals surface area contributed by atoms with Crippen LogP contribution in [0.25, 0.3) is 0 Å². The number of hydrogen-bond donors (Lipinski definition) is 3. The first-order valence-electron chi connectivity index (χ1n) is 7.42. The second kappa shape index (κ2) is 9.69. The summed E-state index contributed by atoms with van der Waals surface area (Å²) in [5.74, 6) is -0.534. The summed E-state index contributed by atoms with van der Waals surface area (Å²) in [6.07, 6.45) is -4.97. The van der Waals surface area contributed by atoms with E-state index in [1.807, 2.05) is 0 Å². The summed E-state index contributed by atoms with van der Waals surface area (Å²) in [6, 6.07) is 5.82. The maximum Gasteiger partial charge on any atom is 0.422 e. The van der Waals surface area contributed by atoms with Gasteiger partial charge >= 0.3 is 6.18 Å². The third-order valence-electron chi connectivity index (χ3n) is 3.46. The fraction of sp³-hybridized carbons (Fsp3) is 0.533. The van der Waals surface area contributed by atoms with Crippen molar-refractivity contribution in [1.82, 2.24) is 10.6 Å². The Morgan fingerprint density at radius 2 is 1.88 bits per heavy atom. The van der Waals surface area contributed by atoms with Gasteiger partial charge in [0.2, 0.25) is 0 Å². The Morgan fingerprint density at radius 3 is 2.44 bits per heavy atom. The van der Waals surface area contributed by atoms with Crippen LogP contribution in [0.2, 0.25) is 0 Å². The topological polar surface area (TPSA) is 79.8 Å². The lowest BCUT2D eigenvalue weighted by Gasteiger charge is -2.15. The molecule has 1 heterocycles. The lowest BCUT2D eigenvalue weighted by atomic mass is 10.1. The van der Waals surface area contributed by atoms with Crippen molar-refractivity contribution >= 4 is 18.3 Å². The van der Waals surface area contributed by atoms with E-state index in [1.165, 1.54) is 18.2 Å². The molecule has 25 heavy (non-hydrogen) atoms. The van der Waals surface area contributed by atoms with Crippen LogP contribution in [0.4, 0.5) is 13.2 Å². The van der Waals surface area contributed by atoms with E-state index in [-0.39, 0.29) is 36.4 Å². The van der Waals surface area contributed by atoms with Gasteiger partial charge in [-0.25, -0.2) is 0 Å². The normalized spacial score (nSPS) is 19.8. The van der Waals surface area contributed by atoms with Gasteiger partial charge in [-0.2, -0.15) is 13.2 Å². The molecule has 1 amide bonds. The maximum atomic E-state index is 12.2. The van der Waals surface area contributed by atoms with E-state index in [1.54, 1.807) is 6.07 Å². The van der Waals surface area contributed by atoms with E-state index in [4.69, 9.17) is 4.74 Å². The second-order valence-electron chi connectivity index (χ2n) is 5.43. The Bertz CT molecular complexity index is 560. The van der Waals surface area contributed by atoms with Crippen LogP contribution in [0, 0.1) is 5.92 Å². The number of hydrogen-bond acceptors (Lipinski definition) is 5. The summed E-state index contributed by atoms with van der Waals surface area (Å²) < 4.78 is 46.5. The van der Waals surface area contributed by atoms with E-state index < -0.39 is 24.8 Å². The van der Waals surface area contributed by atoms with Crippen LogP contribution < -0.4 is 20.1 Å². The van der Waals surface area contributed by atoms with Gasteiger partial charge in [-0.3, -0.25) is 4.79 Å². The molecule has 3 N–H and O–H groups in total. The molecule has 1 fully saturated rings. The highest BCUT2D eigenvalue weighted by atomic mass is 35.5. The van der Waals surface area contributed by atoms with Crippen molar-refractivity contribution in [2.75, 3.05) is 32.8 Å². The highest BCUT2D eigenvalue weighted by molar-refractivity contribution is 5.85. The molecule has 2 unspecified atom stereocenters. The molecule has 0 aromatic heterocycles.